The van der Waals surface area contributed by atoms with Gasteiger partial charge in [-0.25, -0.2) is 0 Å². The third kappa shape index (κ3) is 3.35. The number of anilines is 3. The minimum absolute atomic E-state index is 0.249. The summed E-state index contributed by atoms with van der Waals surface area (Å²) in [6.45, 7) is 0. The lowest BCUT2D eigenvalue weighted by atomic mass is 10.2. The number of non-ortho nitro benzene ring substituents is 1. The summed E-state index contributed by atoms with van der Waals surface area (Å²) in [6, 6.07) is 2.69. The van der Waals surface area contributed by atoms with Gasteiger partial charge >= 0.3 is 0 Å². The second-order valence-corrected chi connectivity index (χ2v) is 5.45. The van der Waals surface area contributed by atoms with E-state index in [9.17, 15) is 45.2 Å². The molecule has 0 amide bonds. The Morgan fingerprint density at radius 3 is 1.30 bits per heavy atom. The number of rotatable bonds is 4. The summed E-state index contributed by atoms with van der Waals surface area (Å²) in [5.74, 6) is -18.1. The lowest BCUT2D eigenvalue weighted by Crippen LogP contribution is -2.21. The molecule has 3 rings (SSSR count). The first-order valence-corrected chi connectivity index (χ1v) is 7.49. The van der Waals surface area contributed by atoms with Gasteiger partial charge in [0.25, 0.3) is 29.5 Å². The molecule has 0 aliphatic rings. The number of aromatic nitrogens is 2. The molecule has 1 aromatic carbocycles. The number of benzene rings is 1. The predicted molar refractivity (Wildman–Crippen MR) is 83.0 cm³/mol. The monoisotopic (exact) mass is 436 g/mol. The molecule has 2 heterocycles. The van der Waals surface area contributed by atoms with Gasteiger partial charge in [0.1, 0.15) is 11.4 Å². The van der Waals surface area contributed by atoms with Crippen molar-refractivity contribution in [2.45, 2.75) is 0 Å². The molecular weight excluding hydrogens is 432 g/mol. The van der Waals surface area contributed by atoms with Crippen molar-refractivity contribution in [3.05, 3.63) is 81.4 Å². The molecule has 156 valence electrons. The summed E-state index contributed by atoms with van der Waals surface area (Å²) in [7, 11) is 0. The fourth-order valence-electron chi connectivity index (χ4n) is 2.44. The van der Waals surface area contributed by atoms with Crippen LogP contribution in [-0.4, -0.2) is 14.9 Å². The molecule has 14 heteroatoms. The molecular formula is C16H4F8N4O2. The Balaban J connectivity index is 2.43. The van der Waals surface area contributed by atoms with Gasteiger partial charge in [0.05, 0.1) is 4.92 Å². The highest BCUT2D eigenvalue weighted by molar-refractivity contribution is 5.78. The third-order valence-corrected chi connectivity index (χ3v) is 3.71. The van der Waals surface area contributed by atoms with Crippen LogP contribution in [0.4, 0.5) is 57.9 Å². The molecule has 0 bridgehead atoms. The Kier molecular flexibility index (Phi) is 5.24. The van der Waals surface area contributed by atoms with Crippen molar-refractivity contribution in [3.63, 3.8) is 0 Å². The molecule has 0 saturated heterocycles. The van der Waals surface area contributed by atoms with Gasteiger partial charge < -0.3 is 0 Å². The molecule has 0 unspecified atom stereocenters. The minimum atomic E-state index is -2.27. The molecule has 0 N–H and O–H groups in total. The summed E-state index contributed by atoms with van der Waals surface area (Å²) in [4.78, 5) is 14.1. The summed E-state index contributed by atoms with van der Waals surface area (Å²) in [5, 5.41) is 10.8. The van der Waals surface area contributed by atoms with Crippen molar-refractivity contribution in [1.29, 1.82) is 0 Å². The van der Waals surface area contributed by atoms with Crippen molar-refractivity contribution < 1.29 is 40.0 Å². The Bertz CT molecular complexity index is 1060. The average molecular weight is 436 g/mol. The molecule has 0 atom stereocenters. The molecule has 30 heavy (non-hydrogen) atoms. The number of nitro benzene ring substituents is 1. The topological polar surface area (TPSA) is 72.2 Å². The van der Waals surface area contributed by atoms with Crippen molar-refractivity contribution in [1.82, 2.24) is 9.97 Å². The molecule has 2 aromatic heterocycles. The van der Waals surface area contributed by atoms with Crippen molar-refractivity contribution in [3.8, 4) is 0 Å². The number of pyridine rings is 2. The Hall–Kier alpha value is -3.84. The number of hydrogen-bond donors (Lipinski definition) is 0. The van der Waals surface area contributed by atoms with E-state index < -0.39 is 74.7 Å². The summed E-state index contributed by atoms with van der Waals surface area (Å²) in [5.41, 5.74) is -5.03. The summed E-state index contributed by atoms with van der Waals surface area (Å²) < 4.78 is 112. The van der Waals surface area contributed by atoms with Gasteiger partial charge in [-0.3, -0.25) is 15.0 Å². The largest absolute Gasteiger partial charge is 0.299 e. The maximum atomic E-state index is 14.3. The van der Waals surface area contributed by atoms with Crippen LogP contribution in [-0.2, 0) is 0 Å². The zero-order valence-corrected chi connectivity index (χ0v) is 13.9. The van der Waals surface area contributed by atoms with E-state index in [1.807, 2.05) is 0 Å². The summed E-state index contributed by atoms with van der Waals surface area (Å²) >= 11 is 0. The first-order valence-electron chi connectivity index (χ1n) is 7.49. The van der Waals surface area contributed by atoms with Crippen LogP contribution in [0.5, 0.6) is 0 Å². The van der Waals surface area contributed by atoms with E-state index in [4.69, 9.17) is 0 Å². The minimum Gasteiger partial charge on any atom is -0.299 e. The van der Waals surface area contributed by atoms with Crippen LogP contribution in [0.1, 0.15) is 0 Å². The van der Waals surface area contributed by atoms with E-state index in [-0.39, 0.29) is 4.90 Å². The first-order chi connectivity index (χ1) is 14.0. The van der Waals surface area contributed by atoms with E-state index >= 15 is 0 Å². The standard InChI is InChI=1S/C16H4F8N4O2/c17-7-11(8(18)14(22)25-13(7)21)27(5-1-3-6(4-2-5)28(29)30)12-9(19)15(23)26-16(24)10(12)20/h1-4H. The number of nitro groups is 1. The molecule has 3 aromatic rings. The van der Waals surface area contributed by atoms with Gasteiger partial charge in [-0.1, -0.05) is 0 Å². The van der Waals surface area contributed by atoms with Crippen LogP contribution in [0.3, 0.4) is 0 Å². The molecule has 0 aliphatic carbocycles. The average Bonchev–Trinajstić information content (AvgIpc) is 2.70. The Labute approximate surface area is 160 Å². The van der Waals surface area contributed by atoms with E-state index in [0.29, 0.717) is 24.3 Å². The van der Waals surface area contributed by atoms with Gasteiger partial charge in [-0.2, -0.15) is 45.1 Å². The fourth-order valence-corrected chi connectivity index (χ4v) is 2.44. The fraction of sp³-hybridized carbons (Fsp3) is 0. The molecule has 0 fully saturated rings. The molecule has 0 aliphatic heterocycles. The maximum absolute atomic E-state index is 14.3. The Morgan fingerprint density at radius 1 is 0.667 bits per heavy atom. The van der Waals surface area contributed by atoms with Gasteiger partial charge in [-0.05, 0) is 12.1 Å². The van der Waals surface area contributed by atoms with Crippen LogP contribution in [0, 0.1) is 57.2 Å². The first kappa shape index (κ1) is 20.9. The van der Waals surface area contributed by atoms with Gasteiger partial charge in [-0.15, -0.1) is 0 Å². The SMILES string of the molecule is O=[N+]([O-])c1ccc(N(c2c(F)c(F)nc(F)c2F)c2c(F)c(F)nc(F)c2F)cc1. The lowest BCUT2D eigenvalue weighted by Gasteiger charge is -2.26. The predicted octanol–water partition coefficient (Wildman–Crippen LogP) is 4.97. The summed E-state index contributed by atoms with van der Waals surface area (Å²) in [6.07, 6.45) is 0. The zero-order chi connectivity index (χ0) is 22.3. The van der Waals surface area contributed by atoms with Gasteiger partial charge in [0, 0.05) is 17.8 Å². The second kappa shape index (κ2) is 7.53. The maximum Gasteiger partial charge on any atom is 0.269 e. The zero-order valence-electron chi connectivity index (χ0n) is 13.9. The second-order valence-electron chi connectivity index (χ2n) is 5.45. The van der Waals surface area contributed by atoms with E-state index in [1.54, 1.807) is 0 Å². The Morgan fingerprint density at radius 2 is 1.00 bits per heavy atom. The normalized spacial score (nSPS) is 10.9. The van der Waals surface area contributed by atoms with Crippen molar-refractivity contribution >= 4 is 22.7 Å². The van der Waals surface area contributed by atoms with Gasteiger partial charge in [0.2, 0.25) is 23.3 Å². The van der Waals surface area contributed by atoms with Crippen LogP contribution in [0.15, 0.2) is 24.3 Å². The van der Waals surface area contributed by atoms with Gasteiger partial charge in [0.15, 0.2) is 0 Å². The number of halogens is 8. The van der Waals surface area contributed by atoms with Crippen LogP contribution < -0.4 is 4.90 Å². The number of hydrogen-bond acceptors (Lipinski definition) is 5. The highest BCUT2D eigenvalue weighted by atomic mass is 19.2. The van der Waals surface area contributed by atoms with E-state index in [2.05, 4.69) is 9.97 Å². The van der Waals surface area contributed by atoms with Crippen molar-refractivity contribution in [2.75, 3.05) is 4.90 Å². The third-order valence-electron chi connectivity index (χ3n) is 3.71. The highest BCUT2D eigenvalue weighted by Crippen LogP contribution is 2.42. The number of nitrogens with zero attached hydrogens (tertiary/aromatic N) is 4. The van der Waals surface area contributed by atoms with Crippen LogP contribution >= 0.6 is 0 Å². The molecule has 6 nitrogen and oxygen atoms in total. The van der Waals surface area contributed by atoms with Crippen molar-refractivity contribution in [2.24, 2.45) is 0 Å². The van der Waals surface area contributed by atoms with Crippen LogP contribution in [0.25, 0.3) is 0 Å². The van der Waals surface area contributed by atoms with Crippen LogP contribution in [0.2, 0.25) is 0 Å². The molecule has 0 saturated carbocycles. The van der Waals surface area contributed by atoms with E-state index in [0.717, 1.165) is 0 Å². The smallest absolute Gasteiger partial charge is 0.269 e. The highest BCUT2D eigenvalue weighted by Gasteiger charge is 2.34. The lowest BCUT2D eigenvalue weighted by molar-refractivity contribution is -0.384. The quantitative estimate of drug-likeness (QED) is 0.250. The molecule has 0 spiro atoms. The van der Waals surface area contributed by atoms with E-state index in [1.165, 1.54) is 0 Å². The molecule has 0 radical (unpaired) electrons.